The molecule has 2 fully saturated rings. The summed E-state index contributed by atoms with van der Waals surface area (Å²) in [5.74, 6) is 1.24. The van der Waals surface area contributed by atoms with Crippen molar-refractivity contribution in [1.29, 1.82) is 0 Å². The number of aromatic nitrogens is 2. The van der Waals surface area contributed by atoms with Crippen molar-refractivity contribution in [2.45, 2.75) is 104 Å². The second kappa shape index (κ2) is 21.2. The van der Waals surface area contributed by atoms with E-state index in [1.54, 1.807) is 29.4 Å². The lowest BCUT2D eigenvalue weighted by Gasteiger charge is -2.34. The van der Waals surface area contributed by atoms with Crippen LogP contribution < -0.4 is 0 Å². The number of rotatable bonds is 14. The predicted octanol–water partition coefficient (Wildman–Crippen LogP) is 6.20. The predicted molar refractivity (Wildman–Crippen MR) is 201 cm³/mol. The summed E-state index contributed by atoms with van der Waals surface area (Å²) >= 11 is 11.6. The number of aliphatic hydroxyl groups is 2. The van der Waals surface area contributed by atoms with E-state index in [9.17, 15) is 25.3 Å². The van der Waals surface area contributed by atoms with Gasteiger partial charge in [0.1, 0.15) is 22.8 Å². The van der Waals surface area contributed by atoms with Gasteiger partial charge >= 0.3 is 0 Å². The van der Waals surface area contributed by atoms with Crippen LogP contribution in [-0.4, -0.2) is 101 Å². The highest BCUT2D eigenvalue weighted by Crippen LogP contribution is 2.36. The lowest BCUT2D eigenvalue weighted by Crippen LogP contribution is -2.40. The molecule has 0 spiro atoms. The molecule has 0 saturated carbocycles. The first-order valence-electron chi connectivity index (χ1n) is 18.5. The van der Waals surface area contributed by atoms with Crippen LogP contribution >= 0.6 is 23.2 Å². The number of aliphatic hydroxyl groups excluding tert-OH is 2. The third-order valence-corrected chi connectivity index (χ3v) is 9.89. The van der Waals surface area contributed by atoms with Crippen LogP contribution in [0.3, 0.4) is 0 Å². The monoisotopic (exact) mass is 778 g/mol. The number of nitro groups is 2. The van der Waals surface area contributed by atoms with Gasteiger partial charge in [-0.05, 0) is 36.1 Å². The van der Waals surface area contributed by atoms with Crippen molar-refractivity contribution in [1.82, 2.24) is 29.6 Å². The molecule has 15 nitrogen and oxygen atoms in total. The maximum Gasteiger partial charge on any atom is 0.286 e. The van der Waals surface area contributed by atoms with Crippen LogP contribution in [-0.2, 0) is 17.8 Å². The summed E-state index contributed by atoms with van der Waals surface area (Å²) in [6.45, 7) is 9.16. The molecule has 2 unspecified atom stereocenters. The zero-order valence-electron chi connectivity index (χ0n) is 30.6. The molecule has 4 aliphatic rings. The second-order valence-corrected chi connectivity index (χ2v) is 14.1. The summed E-state index contributed by atoms with van der Waals surface area (Å²) in [6, 6.07) is 7.20. The Balaban J connectivity index is 0.000000209. The smallest absolute Gasteiger partial charge is 0.286 e. The minimum absolute atomic E-state index is 0.0705. The summed E-state index contributed by atoms with van der Waals surface area (Å²) in [6.07, 6.45) is 11.1. The van der Waals surface area contributed by atoms with Gasteiger partial charge in [-0.25, -0.2) is 9.97 Å². The number of nitrogens with zero attached hydrogens (tertiary/aromatic N) is 8. The van der Waals surface area contributed by atoms with Gasteiger partial charge in [-0.3, -0.25) is 20.2 Å². The van der Waals surface area contributed by atoms with E-state index >= 15 is 0 Å². The standard InChI is InChI=1S/C18H25ClN4O3.C13H15ClN4O3.C5H12O/c1-2-3-4-11-26-17-8-6-15(23(24)25)18-21(9-10-22(17)18)13-14-5-7-16(19)20-12-14;14-11-3-1-9(7-15-11)8-16-5-6-17-12(19)4-2-10(13(16)17)18(20)21;1-2-3-4-5-6/h5,7,12,17H,2-4,6,8-11,13H2,1H3;1,3,7,12,19H,2,4-6,8H2;6H,2-5H2,1H3. The van der Waals surface area contributed by atoms with Gasteiger partial charge in [0.2, 0.25) is 0 Å². The first-order valence-corrected chi connectivity index (χ1v) is 19.2. The highest BCUT2D eigenvalue weighted by atomic mass is 35.5. The van der Waals surface area contributed by atoms with E-state index in [0.29, 0.717) is 80.6 Å². The van der Waals surface area contributed by atoms with Crippen LogP contribution in [0.25, 0.3) is 0 Å². The Hall–Kier alpha value is -3.76. The molecule has 2 N–H and O–H groups in total. The average molecular weight is 780 g/mol. The lowest BCUT2D eigenvalue weighted by molar-refractivity contribution is -0.433. The van der Waals surface area contributed by atoms with Gasteiger partial charge in [0.25, 0.3) is 11.4 Å². The Morgan fingerprint density at radius 2 is 1.28 bits per heavy atom. The van der Waals surface area contributed by atoms with E-state index in [2.05, 4.69) is 33.6 Å². The number of halogens is 2. The van der Waals surface area contributed by atoms with Crippen molar-refractivity contribution in [2.75, 3.05) is 39.4 Å². The Bertz CT molecular complexity index is 1540. The Morgan fingerprint density at radius 3 is 1.75 bits per heavy atom. The van der Waals surface area contributed by atoms with Crippen LogP contribution in [0.5, 0.6) is 0 Å². The molecule has 0 bridgehead atoms. The van der Waals surface area contributed by atoms with Crippen LogP contribution in [0, 0.1) is 20.2 Å². The molecular formula is C36H52Cl2N8O7. The Morgan fingerprint density at radius 1 is 0.774 bits per heavy atom. The van der Waals surface area contributed by atoms with E-state index in [-0.39, 0.29) is 33.9 Å². The van der Waals surface area contributed by atoms with Crippen molar-refractivity contribution in [3.05, 3.63) is 101 Å². The van der Waals surface area contributed by atoms with Crippen LogP contribution in [0.2, 0.25) is 10.3 Å². The van der Waals surface area contributed by atoms with E-state index in [0.717, 1.165) is 56.3 Å². The summed E-state index contributed by atoms with van der Waals surface area (Å²) in [4.78, 5) is 38.1. The molecule has 0 radical (unpaired) electrons. The van der Waals surface area contributed by atoms with Gasteiger partial charge in [-0.1, -0.05) is 74.9 Å². The van der Waals surface area contributed by atoms with Gasteiger partial charge in [0.15, 0.2) is 11.6 Å². The molecule has 0 amide bonds. The van der Waals surface area contributed by atoms with Gasteiger partial charge in [-0.2, -0.15) is 0 Å². The maximum absolute atomic E-state index is 11.6. The first kappa shape index (κ1) is 42.0. The number of hydrogen-bond donors (Lipinski definition) is 2. The molecular weight excluding hydrogens is 727 g/mol. The Labute approximate surface area is 321 Å². The fraction of sp³-hybridized carbons (Fsp3) is 0.611. The van der Waals surface area contributed by atoms with Gasteiger partial charge in [-0.15, -0.1) is 0 Å². The molecule has 6 rings (SSSR count). The van der Waals surface area contributed by atoms with Crippen molar-refractivity contribution < 1.29 is 24.8 Å². The highest BCUT2D eigenvalue weighted by Gasteiger charge is 2.42. The topological polar surface area (TPSA) is 175 Å². The molecule has 0 aliphatic carbocycles. The average Bonchev–Trinajstić information content (AvgIpc) is 3.77. The summed E-state index contributed by atoms with van der Waals surface area (Å²) in [5, 5.41) is 41.9. The van der Waals surface area contributed by atoms with Crippen molar-refractivity contribution in [2.24, 2.45) is 0 Å². The molecule has 0 aromatic carbocycles. The molecule has 292 valence electrons. The van der Waals surface area contributed by atoms with Crippen molar-refractivity contribution in [3.8, 4) is 0 Å². The number of allylic oxidation sites excluding steroid dienone is 2. The van der Waals surface area contributed by atoms with Gasteiger partial charge in [0, 0.05) is 90.6 Å². The summed E-state index contributed by atoms with van der Waals surface area (Å²) < 4.78 is 6.05. The zero-order valence-corrected chi connectivity index (χ0v) is 32.1. The lowest BCUT2D eigenvalue weighted by atomic mass is 10.1. The largest absolute Gasteiger partial charge is 0.396 e. The minimum atomic E-state index is -0.642. The maximum atomic E-state index is 11.6. The number of hydrogen-bond acceptors (Lipinski definition) is 13. The quantitative estimate of drug-likeness (QED) is 0.0961. The number of pyridine rings is 2. The fourth-order valence-electron chi connectivity index (χ4n) is 6.77. The molecule has 53 heavy (non-hydrogen) atoms. The Kier molecular flexibility index (Phi) is 16.8. The third-order valence-electron chi connectivity index (χ3n) is 9.44. The van der Waals surface area contributed by atoms with Crippen molar-refractivity contribution in [3.63, 3.8) is 0 Å². The van der Waals surface area contributed by atoms with E-state index in [4.69, 9.17) is 33.0 Å². The van der Waals surface area contributed by atoms with Gasteiger partial charge < -0.3 is 34.5 Å². The van der Waals surface area contributed by atoms with Crippen LogP contribution in [0.4, 0.5) is 0 Å². The third kappa shape index (κ3) is 11.9. The summed E-state index contributed by atoms with van der Waals surface area (Å²) in [5.41, 5.74) is 2.38. The normalized spacial score (nSPS) is 19.4. The van der Waals surface area contributed by atoms with Crippen LogP contribution in [0.1, 0.15) is 89.2 Å². The van der Waals surface area contributed by atoms with E-state index in [1.165, 1.54) is 6.42 Å². The number of unbranched alkanes of at least 4 members (excludes halogenated alkanes) is 4. The van der Waals surface area contributed by atoms with E-state index < -0.39 is 6.23 Å². The first-order chi connectivity index (χ1) is 25.6. The number of ether oxygens (including phenoxy) is 1. The van der Waals surface area contributed by atoms with Gasteiger partial charge in [0.05, 0.1) is 9.85 Å². The molecule has 2 atom stereocenters. The highest BCUT2D eigenvalue weighted by molar-refractivity contribution is 6.29. The molecule has 2 saturated heterocycles. The second-order valence-electron chi connectivity index (χ2n) is 13.3. The molecule has 17 heteroatoms. The minimum Gasteiger partial charge on any atom is -0.396 e. The SMILES string of the molecule is CCCCCO.CCCCCOC1CCC([N+](=O)[O-])=C2N(Cc3ccc(Cl)nc3)CCN21.O=[N+]([O-])C1=C2N(Cc3ccc(Cl)nc3)CCN2C(O)CC1. The van der Waals surface area contributed by atoms with Crippen LogP contribution in [0.15, 0.2) is 59.7 Å². The zero-order chi connectivity index (χ0) is 38.3. The van der Waals surface area contributed by atoms with Crippen molar-refractivity contribution >= 4 is 23.2 Å². The molecule has 4 aliphatic heterocycles. The molecule has 2 aromatic heterocycles. The number of fused-ring (bicyclic) bond motifs is 2. The molecule has 2 aromatic rings. The fourth-order valence-corrected chi connectivity index (χ4v) is 7.00. The van der Waals surface area contributed by atoms with E-state index in [1.807, 2.05) is 17.0 Å². The summed E-state index contributed by atoms with van der Waals surface area (Å²) in [7, 11) is 0. The molecule has 6 heterocycles.